The minimum atomic E-state index is -0.287. The lowest BCUT2D eigenvalue weighted by Crippen LogP contribution is -2.17. The van der Waals surface area contributed by atoms with E-state index < -0.39 is 0 Å². The van der Waals surface area contributed by atoms with Crippen LogP contribution in [0, 0.1) is 0 Å². The van der Waals surface area contributed by atoms with E-state index in [0.29, 0.717) is 6.54 Å². The van der Waals surface area contributed by atoms with E-state index >= 15 is 0 Å². The van der Waals surface area contributed by atoms with Gasteiger partial charge in [0.1, 0.15) is 0 Å². The Kier molecular flexibility index (Phi) is 24.6. The van der Waals surface area contributed by atoms with Crippen LogP contribution in [0.2, 0.25) is 0 Å². The molecule has 0 aromatic heterocycles. The molecule has 0 spiro atoms. The van der Waals surface area contributed by atoms with Gasteiger partial charge in [-0.1, -0.05) is 27.4 Å². The Morgan fingerprint density at radius 1 is 1.38 bits per heavy atom. The summed E-state index contributed by atoms with van der Waals surface area (Å²) in [6.07, 6.45) is 0.473. The summed E-state index contributed by atoms with van der Waals surface area (Å²) in [5.41, 5.74) is 9.85. The van der Waals surface area contributed by atoms with Crippen LogP contribution in [-0.4, -0.2) is 29.4 Å². The first-order valence-electron chi connectivity index (χ1n) is 4.53. The minimum Gasteiger partial charge on any atom is -0.512 e. The van der Waals surface area contributed by atoms with E-state index in [1.165, 1.54) is 0 Å². The molecular weight excluding hydrogens is 168 g/mol. The number of aliphatic hydroxyl groups excluding tert-OH is 2. The number of rotatable bonds is 3. The van der Waals surface area contributed by atoms with Crippen molar-refractivity contribution >= 4 is 0 Å². The summed E-state index contributed by atoms with van der Waals surface area (Å²) in [6, 6.07) is 0. The molecule has 1 unspecified atom stereocenters. The third-order valence-corrected chi connectivity index (χ3v) is 0.979. The molecule has 0 saturated heterocycles. The maximum absolute atomic E-state index is 8.54. The highest BCUT2D eigenvalue weighted by Gasteiger charge is 1.90. The summed E-state index contributed by atoms with van der Waals surface area (Å²) in [4.78, 5) is 0. The van der Waals surface area contributed by atoms with Crippen molar-refractivity contribution in [3.8, 4) is 0 Å². The molecule has 82 valence electrons. The summed E-state index contributed by atoms with van der Waals surface area (Å²) < 4.78 is 0. The van der Waals surface area contributed by atoms with Crippen molar-refractivity contribution < 1.29 is 10.2 Å². The minimum absolute atomic E-state index is 0.0324. The lowest BCUT2D eigenvalue weighted by molar-refractivity contribution is 0.179. The van der Waals surface area contributed by atoms with Crippen molar-refractivity contribution in [2.45, 2.75) is 33.3 Å². The van der Waals surface area contributed by atoms with Crippen molar-refractivity contribution in [3.63, 3.8) is 0 Å². The molecule has 0 aliphatic rings. The second-order valence-corrected chi connectivity index (χ2v) is 2.07. The number of hydrogen-bond acceptors (Lipinski definition) is 4. The van der Waals surface area contributed by atoms with Crippen LogP contribution in [0.4, 0.5) is 0 Å². The van der Waals surface area contributed by atoms with E-state index in [0.717, 1.165) is 6.42 Å². The van der Waals surface area contributed by atoms with Crippen LogP contribution in [0.1, 0.15) is 27.2 Å². The molecule has 0 rings (SSSR count). The van der Waals surface area contributed by atoms with Crippen molar-refractivity contribution in [1.82, 2.24) is 0 Å². The summed E-state index contributed by atoms with van der Waals surface area (Å²) in [6.45, 7) is 9.56. The Bertz CT molecular complexity index is 93.6. The monoisotopic (exact) mass is 192 g/mol. The van der Waals surface area contributed by atoms with Gasteiger partial charge < -0.3 is 21.7 Å². The Labute approximate surface area is 81.2 Å². The maximum Gasteiger partial charge on any atom is 0.0986 e. The van der Waals surface area contributed by atoms with Gasteiger partial charge in [0.25, 0.3) is 0 Å². The van der Waals surface area contributed by atoms with Crippen molar-refractivity contribution in [3.05, 3.63) is 12.3 Å². The summed E-state index contributed by atoms with van der Waals surface area (Å²) in [5.74, 6) is 0.0324. The number of aliphatic hydroxyl groups is 2. The van der Waals surface area contributed by atoms with Gasteiger partial charge in [-0.25, -0.2) is 0 Å². The lowest BCUT2D eigenvalue weighted by Gasteiger charge is -1.98. The van der Waals surface area contributed by atoms with E-state index in [1.54, 1.807) is 0 Å². The fourth-order valence-corrected chi connectivity index (χ4v) is 0.167. The molecule has 4 heteroatoms. The zero-order chi connectivity index (χ0) is 11.3. The van der Waals surface area contributed by atoms with Crippen LogP contribution < -0.4 is 11.5 Å². The Morgan fingerprint density at radius 2 is 1.69 bits per heavy atom. The van der Waals surface area contributed by atoms with E-state index in [9.17, 15) is 0 Å². The van der Waals surface area contributed by atoms with Crippen LogP contribution in [0.5, 0.6) is 0 Å². The third kappa shape index (κ3) is 34.5. The molecule has 6 N–H and O–H groups in total. The molecule has 0 bridgehead atoms. The molecule has 0 aromatic carbocycles. The first-order chi connectivity index (χ1) is 6.08. The molecule has 4 nitrogen and oxygen atoms in total. The highest BCUT2D eigenvalue weighted by atomic mass is 16.3. The van der Waals surface area contributed by atoms with Crippen molar-refractivity contribution in [2.24, 2.45) is 11.5 Å². The molecule has 0 fully saturated rings. The molecule has 0 aliphatic carbocycles. The van der Waals surface area contributed by atoms with Gasteiger partial charge in [0.2, 0.25) is 0 Å². The van der Waals surface area contributed by atoms with Gasteiger partial charge in [0.15, 0.2) is 0 Å². The molecule has 0 aliphatic heterocycles. The first kappa shape index (κ1) is 18.3. The van der Waals surface area contributed by atoms with Crippen LogP contribution in [-0.2, 0) is 0 Å². The molecule has 13 heavy (non-hydrogen) atoms. The smallest absolute Gasteiger partial charge is 0.0986 e. The predicted molar refractivity (Wildman–Crippen MR) is 57.5 cm³/mol. The topological polar surface area (TPSA) is 92.5 Å². The van der Waals surface area contributed by atoms with Gasteiger partial charge >= 0.3 is 0 Å². The van der Waals surface area contributed by atoms with Gasteiger partial charge in [-0.2, -0.15) is 0 Å². The standard InChI is InChI=1S/C4H11NO.C3H7NO.C2H6/c1-2-4(6)3-5;1-3(5)2-4;1-2/h4,6H,2-3,5H2,1H3;5H,1-2,4H2;1-2H3. The van der Waals surface area contributed by atoms with E-state index in [2.05, 4.69) is 6.58 Å². The highest BCUT2D eigenvalue weighted by Crippen LogP contribution is 1.81. The molecular formula is C9H24N2O2. The molecule has 0 aromatic rings. The molecule has 0 saturated carbocycles. The van der Waals surface area contributed by atoms with Gasteiger partial charge in [-0.3, -0.25) is 0 Å². The predicted octanol–water partition coefficient (Wildman–Crippen LogP) is 0.759. The molecule has 0 radical (unpaired) electrons. The quantitative estimate of drug-likeness (QED) is 0.497. The van der Waals surface area contributed by atoms with E-state index in [1.807, 2.05) is 20.8 Å². The van der Waals surface area contributed by atoms with Gasteiger partial charge in [-0.15, -0.1) is 0 Å². The average Bonchev–Trinajstić information content (AvgIpc) is 2.20. The zero-order valence-corrected chi connectivity index (χ0v) is 8.95. The van der Waals surface area contributed by atoms with Crippen LogP contribution >= 0.6 is 0 Å². The third-order valence-electron chi connectivity index (χ3n) is 0.979. The largest absolute Gasteiger partial charge is 0.512 e. The second-order valence-electron chi connectivity index (χ2n) is 2.07. The fourth-order valence-electron chi connectivity index (χ4n) is 0.167. The van der Waals surface area contributed by atoms with Gasteiger partial charge in [0, 0.05) is 6.54 Å². The first-order valence-corrected chi connectivity index (χ1v) is 4.53. The van der Waals surface area contributed by atoms with Crippen molar-refractivity contribution in [2.75, 3.05) is 13.1 Å². The zero-order valence-electron chi connectivity index (χ0n) is 8.95. The van der Waals surface area contributed by atoms with Crippen molar-refractivity contribution in [1.29, 1.82) is 0 Å². The average molecular weight is 192 g/mol. The Morgan fingerprint density at radius 3 is 1.69 bits per heavy atom. The number of hydrogen-bond donors (Lipinski definition) is 4. The highest BCUT2D eigenvalue weighted by molar-refractivity contribution is 4.78. The normalized spacial score (nSPS) is 10.0. The van der Waals surface area contributed by atoms with Crippen LogP contribution in [0.3, 0.4) is 0 Å². The SMILES string of the molecule is C=C(O)CN.CC.CCC(O)CN. The van der Waals surface area contributed by atoms with E-state index in [-0.39, 0.29) is 18.4 Å². The summed E-state index contributed by atoms with van der Waals surface area (Å²) in [5, 5.41) is 16.6. The van der Waals surface area contributed by atoms with Gasteiger partial charge in [-0.05, 0) is 6.42 Å². The van der Waals surface area contributed by atoms with E-state index in [4.69, 9.17) is 21.7 Å². The lowest BCUT2D eigenvalue weighted by atomic mass is 10.3. The Balaban J connectivity index is -0.000000131. The second kappa shape index (κ2) is 17.5. The van der Waals surface area contributed by atoms with Crippen LogP contribution in [0.15, 0.2) is 12.3 Å². The molecule has 0 amide bonds. The fraction of sp³-hybridized carbons (Fsp3) is 0.778. The van der Waals surface area contributed by atoms with Crippen LogP contribution in [0.25, 0.3) is 0 Å². The maximum atomic E-state index is 8.54. The summed E-state index contributed by atoms with van der Waals surface area (Å²) in [7, 11) is 0. The van der Waals surface area contributed by atoms with Gasteiger partial charge in [0.05, 0.1) is 18.4 Å². The number of nitrogens with two attached hydrogens (primary N) is 2. The Hall–Kier alpha value is -0.580. The summed E-state index contributed by atoms with van der Waals surface area (Å²) >= 11 is 0. The molecule has 0 heterocycles. The molecule has 1 atom stereocenters.